The maximum Gasteiger partial charge on any atom is 0.183 e. The summed E-state index contributed by atoms with van der Waals surface area (Å²) in [5.74, 6) is 0. The second-order valence-electron chi connectivity index (χ2n) is 6.84. The number of anilines is 1. The largest absolute Gasteiger partial charge is 0.359 e. The molecule has 0 fully saturated rings. The number of hydrogen-bond donors (Lipinski definition) is 2. The summed E-state index contributed by atoms with van der Waals surface area (Å²) in [4.78, 5) is 7.80. The lowest BCUT2D eigenvalue weighted by molar-refractivity contribution is -0.377. The molecule has 0 saturated heterocycles. The van der Waals surface area contributed by atoms with E-state index in [1.54, 1.807) is 11.3 Å². The summed E-state index contributed by atoms with van der Waals surface area (Å²) in [7, 11) is 0. The molecule has 142 valence electrons. The molecule has 3 aromatic heterocycles. The summed E-state index contributed by atoms with van der Waals surface area (Å²) >= 11 is 7.69. The molecule has 4 aromatic rings. The van der Waals surface area contributed by atoms with Gasteiger partial charge in [0, 0.05) is 51.8 Å². The SMILES string of the molecule is CC(C)Nc1nc(Cc2[nH]nc(-c3ccc(Cl)cc3)c2-c2cc[nH+]cc2)cs1. The van der Waals surface area contributed by atoms with Gasteiger partial charge in [-0.15, -0.1) is 11.3 Å². The molecule has 0 bridgehead atoms. The Bertz CT molecular complexity index is 1050. The van der Waals surface area contributed by atoms with Gasteiger partial charge in [0.15, 0.2) is 17.5 Å². The predicted molar refractivity (Wildman–Crippen MR) is 115 cm³/mol. The summed E-state index contributed by atoms with van der Waals surface area (Å²) in [6.07, 6.45) is 4.53. The lowest BCUT2D eigenvalue weighted by Gasteiger charge is -2.06. The van der Waals surface area contributed by atoms with Gasteiger partial charge in [0.2, 0.25) is 0 Å². The van der Waals surface area contributed by atoms with Crippen LogP contribution >= 0.6 is 22.9 Å². The number of thiazole rings is 1. The molecule has 0 spiro atoms. The van der Waals surface area contributed by atoms with Crippen molar-refractivity contribution in [3.8, 4) is 22.4 Å². The number of aromatic amines is 2. The molecule has 0 aliphatic heterocycles. The maximum atomic E-state index is 6.06. The van der Waals surface area contributed by atoms with Crippen LogP contribution < -0.4 is 10.3 Å². The van der Waals surface area contributed by atoms with Crippen molar-refractivity contribution >= 4 is 28.1 Å². The zero-order chi connectivity index (χ0) is 19.5. The molecule has 4 rings (SSSR count). The summed E-state index contributed by atoms with van der Waals surface area (Å²) in [5.41, 5.74) is 6.18. The van der Waals surface area contributed by atoms with E-state index >= 15 is 0 Å². The normalized spacial score (nSPS) is 11.1. The summed E-state index contributed by atoms with van der Waals surface area (Å²) in [5, 5.41) is 15.0. The zero-order valence-electron chi connectivity index (χ0n) is 15.7. The highest BCUT2D eigenvalue weighted by atomic mass is 35.5. The Hall–Kier alpha value is -2.70. The second-order valence-corrected chi connectivity index (χ2v) is 8.14. The Kier molecular flexibility index (Phi) is 5.41. The first-order valence-corrected chi connectivity index (χ1v) is 10.4. The van der Waals surface area contributed by atoms with Crippen LogP contribution in [0.25, 0.3) is 22.4 Å². The van der Waals surface area contributed by atoms with Crippen molar-refractivity contribution < 1.29 is 4.98 Å². The molecule has 3 N–H and O–H groups in total. The minimum atomic E-state index is 0.360. The Morgan fingerprint density at radius 3 is 2.57 bits per heavy atom. The summed E-state index contributed by atoms with van der Waals surface area (Å²) in [6, 6.07) is 12.2. The van der Waals surface area contributed by atoms with Crippen LogP contribution in [0.2, 0.25) is 5.02 Å². The van der Waals surface area contributed by atoms with Crippen LogP contribution in [0.15, 0.2) is 54.2 Å². The molecular formula is C21H21ClN5S+. The van der Waals surface area contributed by atoms with Gasteiger partial charge in [-0.2, -0.15) is 5.10 Å². The number of rotatable bonds is 6. The lowest BCUT2D eigenvalue weighted by atomic mass is 9.98. The van der Waals surface area contributed by atoms with E-state index in [4.69, 9.17) is 16.6 Å². The third kappa shape index (κ3) is 4.08. The Morgan fingerprint density at radius 1 is 1.11 bits per heavy atom. The number of H-pyrrole nitrogens is 2. The molecule has 0 unspecified atom stereocenters. The van der Waals surface area contributed by atoms with E-state index in [1.807, 2.05) is 36.7 Å². The molecule has 0 amide bonds. The van der Waals surface area contributed by atoms with Crippen LogP contribution in [0.1, 0.15) is 25.2 Å². The second kappa shape index (κ2) is 8.12. The van der Waals surface area contributed by atoms with E-state index in [0.717, 1.165) is 38.9 Å². The van der Waals surface area contributed by atoms with Gasteiger partial charge in [-0.3, -0.25) is 5.10 Å². The first-order valence-electron chi connectivity index (χ1n) is 9.11. The van der Waals surface area contributed by atoms with Crippen LogP contribution in [0.5, 0.6) is 0 Å². The van der Waals surface area contributed by atoms with E-state index in [2.05, 4.69) is 51.9 Å². The number of benzene rings is 1. The highest BCUT2D eigenvalue weighted by Crippen LogP contribution is 2.34. The first kappa shape index (κ1) is 18.7. The van der Waals surface area contributed by atoms with Crippen molar-refractivity contribution in [3.05, 3.63) is 70.6 Å². The Morgan fingerprint density at radius 2 is 1.86 bits per heavy atom. The molecule has 0 saturated carbocycles. The lowest BCUT2D eigenvalue weighted by Crippen LogP contribution is -2.09. The topological polar surface area (TPSA) is 67.7 Å². The van der Waals surface area contributed by atoms with Crippen LogP contribution in [-0.2, 0) is 6.42 Å². The first-order chi connectivity index (χ1) is 13.6. The van der Waals surface area contributed by atoms with E-state index < -0.39 is 0 Å². The van der Waals surface area contributed by atoms with Gasteiger partial charge in [0.05, 0.1) is 5.69 Å². The van der Waals surface area contributed by atoms with Crippen LogP contribution in [0.4, 0.5) is 5.13 Å². The molecular weight excluding hydrogens is 390 g/mol. The third-order valence-corrected chi connectivity index (χ3v) is 5.36. The molecule has 1 aromatic carbocycles. The average molecular weight is 411 g/mol. The highest BCUT2D eigenvalue weighted by Gasteiger charge is 2.18. The molecule has 3 heterocycles. The van der Waals surface area contributed by atoms with Crippen molar-refractivity contribution in [2.75, 3.05) is 5.32 Å². The van der Waals surface area contributed by atoms with Gasteiger partial charge in [-0.25, -0.2) is 9.97 Å². The molecule has 5 nitrogen and oxygen atoms in total. The van der Waals surface area contributed by atoms with Crippen molar-refractivity contribution in [3.63, 3.8) is 0 Å². The van der Waals surface area contributed by atoms with Crippen LogP contribution in [-0.4, -0.2) is 21.2 Å². The quantitative estimate of drug-likeness (QED) is 0.465. The minimum absolute atomic E-state index is 0.360. The molecule has 0 atom stereocenters. The van der Waals surface area contributed by atoms with Gasteiger partial charge in [0.25, 0.3) is 0 Å². The van der Waals surface area contributed by atoms with Crippen molar-refractivity contribution in [1.82, 2.24) is 15.2 Å². The predicted octanol–water partition coefficient (Wildman–Crippen LogP) is 5.08. The number of halogens is 1. The van der Waals surface area contributed by atoms with Gasteiger partial charge in [-0.1, -0.05) is 23.7 Å². The van der Waals surface area contributed by atoms with Crippen molar-refractivity contribution in [2.45, 2.75) is 26.3 Å². The smallest absolute Gasteiger partial charge is 0.183 e. The van der Waals surface area contributed by atoms with E-state index in [-0.39, 0.29) is 0 Å². The maximum absolute atomic E-state index is 6.06. The molecule has 0 aliphatic carbocycles. The summed E-state index contributed by atoms with van der Waals surface area (Å²) in [6.45, 7) is 4.22. The summed E-state index contributed by atoms with van der Waals surface area (Å²) < 4.78 is 0. The average Bonchev–Trinajstić information content (AvgIpc) is 3.30. The monoisotopic (exact) mass is 410 g/mol. The third-order valence-electron chi connectivity index (χ3n) is 4.29. The van der Waals surface area contributed by atoms with Gasteiger partial charge in [-0.05, 0) is 31.5 Å². The number of nitrogens with one attached hydrogen (secondary N) is 3. The molecule has 0 aliphatic rings. The van der Waals surface area contributed by atoms with Gasteiger partial charge >= 0.3 is 0 Å². The number of nitrogens with zero attached hydrogens (tertiary/aromatic N) is 2. The number of aromatic nitrogens is 4. The Labute approximate surface area is 172 Å². The fourth-order valence-corrected chi connectivity index (χ4v) is 4.05. The number of hydrogen-bond acceptors (Lipinski definition) is 4. The fourth-order valence-electron chi connectivity index (χ4n) is 3.07. The van der Waals surface area contributed by atoms with Gasteiger partial charge < -0.3 is 5.32 Å². The Balaban J connectivity index is 1.73. The number of pyridine rings is 1. The minimum Gasteiger partial charge on any atom is -0.359 e. The van der Waals surface area contributed by atoms with E-state index in [0.29, 0.717) is 17.5 Å². The van der Waals surface area contributed by atoms with E-state index in [1.165, 1.54) is 0 Å². The van der Waals surface area contributed by atoms with Crippen molar-refractivity contribution in [1.29, 1.82) is 0 Å². The molecule has 28 heavy (non-hydrogen) atoms. The zero-order valence-corrected chi connectivity index (χ0v) is 17.2. The molecule has 7 heteroatoms. The molecule has 0 radical (unpaired) electrons. The standard InChI is InChI=1S/C21H20ClN5S/c1-13(2)24-21-25-17(12-28-21)11-18-19(14-7-9-23-10-8-14)20(27-26-18)15-3-5-16(22)6-4-15/h3-10,12-13H,11H2,1-2H3,(H,24,25)(H,26,27)/p+1. The fraction of sp³-hybridized carbons (Fsp3) is 0.190. The van der Waals surface area contributed by atoms with Crippen LogP contribution in [0.3, 0.4) is 0 Å². The highest BCUT2D eigenvalue weighted by molar-refractivity contribution is 7.13. The van der Waals surface area contributed by atoms with Crippen molar-refractivity contribution in [2.24, 2.45) is 0 Å². The van der Waals surface area contributed by atoms with E-state index in [9.17, 15) is 0 Å². The van der Waals surface area contributed by atoms with Gasteiger partial charge in [0.1, 0.15) is 5.69 Å². The van der Waals surface area contributed by atoms with Crippen LogP contribution in [0, 0.1) is 0 Å².